The van der Waals surface area contributed by atoms with Crippen LogP contribution in [0.5, 0.6) is 0 Å². The maximum absolute atomic E-state index is 11.1. The van der Waals surface area contributed by atoms with Gasteiger partial charge in [-0.2, -0.15) is 0 Å². The molecule has 0 bridgehead atoms. The predicted molar refractivity (Wildman–Crippen MR) is 40.7 cm³/mol. The van der Waals surface area contributed by atoms with Crippen LogP contribution in [0, 0.1) is 5.92 Å². The molecular weight excluding hydrogens is 176 g/mol. The van der Waals surface area contributed by atoms with E-state index >= 15 is 0 Å². The van der Waals surface area contributed by atoms with E-state index in [1.54, 1.807) is 0 Å². The van der Waals surface area contributed by atoms with Crippen molar-refractivity contribution in [1.82, 2.24) is 0 Å². The molecule has 0 aromatic carbocycles. The summed E-state index contributed by atoms with van der Waals surface area (Å²) in [6, 6.07) is 0. The number of aliphatic hydroxyl groups is 1. The lowest BCUT2D eigenvalue weighted by molar-refractivity contribution is -0.136. The van der Waals surface area contributed by atoms with Crippen LogP contribution in [0.15, 0.2) is 12.3 Å². The zero-order chi connectivity index (χ0) is 10.0. The highest BCUT2D eigenvalue weighted by Crippen LogP contribution is 2.20. The van der Waals surface area contributed by atoms with Gasteiger partial charge in [-0.1, -0.05) is 6.58 Å². The first kappa shape index (κ1) is 9.60. The van der Waals surface area contributed by atoms with Gasteiger partial charge in [0.05, 0.1) is 12.5 Å². The highest BCUT2D eigenvalue weighted by Gasteiger charge is 2.42. The summed E-state index contributed by atoms with van der Waals surface area (Å²) < 4.78 is 4.74. The Kier molecular flexibility index (Phi) is 2.57. The van der Waals surface area contributed by atoms with Crippen molar-refractivity contribution in [2.75, 3.05) is 6.61 Å². The summed E-state index contributed by atoms with van der Waals surface area (Å²) in [6.45, 7) is 2.67. The molecule has 2 atom stereocenters. The van der Waals surface area contributed by atoms with Gasteiger partial charge in [0.25, 0.3) is 5.78 Å². The minimum absolute atomic E-state index is 0.268. The number of carbonyl (C=O) groups is 3. The van der Waals surface area contributed by atoms with E-state index in [1.165, 1.54) is 0 Å². The molecule has 0 amide bonds. The fraction of sp³-hybridized carbons (Fsp3) is 0.375. The van der Waals surface area contributed by atoms with Crippen LogP contribution in [-0.2, 0) is 19.1 Å². The molecule has 1 rings (SSSR count). The molecule has 13 heavy (non-hydrogen) atoms. The van der Waals surface area contributed by atoms with E-state index in [0.717, 1.165) is 0 Å². The van der Waals surface area contributed by atoms with Crippen molar-refractivity contribution in [3.05, 3.63) is 12.3 Å². The number of aliphatic hydroxyl groups excluding tert-OH is 1. The number of rotatable bonds is 3. The zero-order valence-corrected chi connectivity index (χ0v) is 6.73. The van der Waals surface area contributed by atoms with Crippen LogP contribution in [0.2, 0.25) is 0 Å². The predicted octanol–water partition coefficient (Wildman–Crippen LogP) is -1.16. The van der Waals surface area contributed by atoms with Gasteiger partial charge in [0.1, 0.15) is 6.29 Å². The van der Waals surface area contributed by atoms with E-state index in [-0.39, 0.29) is 5.76 Å². The Bertz CT molecular complexity index is 280. The van der Waals surface area contributed by atoms with E-state index < -0.39 is 30.2 Å². The SMILES string of the molecule is C=C1OC(C(C=O)CO)C(=O)C1=O. The van der Waals surface area contributed by atoms with Gasteiger partial charge >= 0.3 is 0 Å². The maximum Gasteiger partial charge on any atom is 0.266 e. The van der Waals surface area contributed by atoms with Gasteiger partial charge in [-0.05, 0) is 0 Å². The number of ketones is 2. The van der Waals surface area contributed by atoms with E-state index in [0.29, 0.717) is 6.29 Å². The van der Waals surface area contributed by atoms with Gasteiger partial charge in [0, 0.05) is 0 Å². The largest absolute Gasteiger partial charge is 0.478 e. The highest BCUT2D eigenvalue weighted by molar-refractivity contribution is 6.46. The normalized spacial score (nSPS) is 24.4. The highest BCUT2D eigenvalue weighted by atomic mass is 16.5. The molecule has 1 aliphatic heterocycles. The Morgan fingerprint density at radius 3 is 2.54 bits per heavy atom. The van der Waals surface area contributed by atoms with Crippen LogP contribution < -0.4 is 0 Å². The van der Waals surface area contributed by atoms with Crippen molar-refractivity contribution in [3.63, 3.8) is 0 Å². The fourth-order valence-corrected chi connectivity index (χ4v) is 1.02. The lowest BCUT2D eigenvalue weighted by Gasteiger charge is -2.12. The average molecular weight is 184 g/mol. The molecule has 0 saturated carbocycles. The summed E-state index contributed by atoms with van der Waals surface area (Å²) in [4.78, 5) is 32.3. The Morgan fingerprint density at radius 1 is 1.62 bits per heavy atom. The van der Waals surface area contributed by atoms with Gasteiger partial charge in [-0.15, -0.1) is 0 Å². The Labute approximate surface area is 74.0 Å². The number of hydrogen-bond donors (Lipinski definition) is 1. The molecule has 1 heterocycles. The summed E-state index contributed by atoms with van der Waals surface area (Å²) in [7, 11) is 0. The van der Waals surface area contributed by atoms with E-state index in [4.69, 9.17) is 9.84 Å². The molecule has 0 spiro atoms. The molecule has 5 heteroatoms. The van der Waals surface area contributed by atoms with Gasteiger partial charge in [-0.25, -0.2) is 0 Å². The number of carbonyl (C=O) groups excluding carboxylic acids is 3. The number of aldehydes is 1. The third-order valence-electron chi connectivity index (χ3n) is 1.78. The van der Waals surface area contributed by atoms with Crippen LogP contribution in [0.1, 0.15) is 0 Å². The van der Waals surface area contributed by atoms with Crippen molar-refractivity contribution in [2.24, 2.45) is 5.92 Å². The van der Waals surface area contributed by atoms with Crippen molar-refractivity contribution >= 4 is 17.9 Å². The smallest absolute Gasteiger partial charge is 0.266 e. The topological polar surface area (TPSA) is 80.7 Å². The zero-order valence-electron chi connectivity index (χ0n) is 6.73. The van der Waals surface area contributed by atoms with Crippen LogP contribution >= 0.6 is 0 Å². The van der Waals surface area contributed by atoms with Crippen molar-refractivity contribution < 1.29 is 24.2 Å². The van der Waals surface area contributed by atoms with Crippen LogP contribution in [-0.4, -0.2) is 35.7 Å². The number of Topliss-reactive ketones (excluding diaryl/α,β-unsaturated/α-hetero) is 2. The Balaban J connectivity index is 2.84. The molecule has 0 radical (unpaired) electrons. The number of allylic oxidation sites excluding steroid dienone is 1. The molecule has 2 unspecified atom stereocenters. The van der Waals surface area contributed by atoms with Crippen LogP contribution in [0.4, 0.5) is 0 Å². The van der Waals surface area contributed by atoms with E-state index in [2.05, 4.69) is 6.58 Å². The lowest BCUT2D eigenvalue weighted by atomic mass is 10.0. The van der Waals surface area contributed by atoms with Crippen molar-refractivity contribution in [3.8, 4) is 0 Å². The standard InChI is InChI=1S/C8H8O5/c1-4-6(11)7(12)8(13-4)5(2-9)3-10/h2,5,8,10H,1,3H2. The number of ether oxygens (including phenoxy) is 1. The van der Waals surface area contributed by atoms with Gasteiger partial charge in [0.2, 0.25) is 5.78 Å². The monoisotopic (exact) mass is 184 g/mol. The first-order chi connectivity index (χ1) is 6.11. The van der Waals surface area contributed by atoms with Gasteiger partial charge < -0.3 is 14.6 Å². The second-order valence-electron chi connectivity index (χ2n) is 2.64. The summed E-state index contributed by atoms with van der Waals surface area (Å²) in [5.74, 6) is -2.91. The van der Waals surface area contributed by atoms with E-state index in [1.807, 2.05) is 0 Å². The molecule has 0 aromatic heterocycles. The third-order valence-corrected chi connectivity index (χ3v) is 1.78. The fourth-order valence-electron chi connectivity index (χ4n) is 1.02. The summed E-state index contributed by atoms with van der Waals surface area (Å²) in [5, 5.41) is 8.67. The van der Waals surface area contributed by atoms with Crippen LogP contribution in [0.3, 0.4) is 0 Å². The first-order valence-corrected chi connectivity index (χ1v) is 3.62. The molecule has 0 aliphatic carbocycles. The van der Waals surface area contributed by atoms with Crippen LogP contribution in [0.25, 0.3) is 0 Å². The summed E-state index contributed by atoms with van der Waals surface area (Å²) in [5.41, 5.74) is 0. The molecule has 5 nitrogen and oxygen atoms in total. The molecule has 1 fully saturated rings. The Hall–Kier alpha value is -1.49. The quantitative estimate of drug-likeness (QED) is 0.340. The second-order valence-corrected chi connectivity index (χ2v) is 2.64. The minimum Gasteiger partial charge on any atom is -0.478 e. The van der Waals surface area contributed by atoms with Crippen molar-refractivity contribution in [2.45, 2.75) is 6.10 Å². The molecule has 1 aliphatic rings. The summed E-state index contributed by atoms with van der Waals surface area (Å²) in [6.07, 6.45) is -0.809. The van der Waals surface area contributed by atoms with Gasteiger partial charge in [-0.3, -0.25) is 9.59 Å². The second kappa shape index (κ2) is 3.49. The minimum atomic E-state index is -1.19. The molecular formula is C8H8O5. The molecule has 1 saturated heterocycles. The lowest BCUT2D eigenvalue weighted by Crippen LogP contribution is -2.32. The number of hydrogen-bond acceptors (Lipinski definition) is 5. The Morgan fingerprint density at radius 2 is 2.23 bits per heavy atom. The maximum atomic E-state index is 11.1. The molecule has 70 valence electrons. The van der Waals surface area contributed by atoms with E-state index in [9.17, 15) is 14.4 Å². The van der Waals surface area contributed by atoms with Crippen molar-refractivity contribution in [1.29, 1.82) is 0 Å². The molecule has 0 aromatic rings. The first-order valence-electron chi connectivity index (χ1n) is 3.62. The molecule has 1 N–H and O–H groups in total. The van der Waals surface area contributed by atoms with Gasteiger partial charge in [0.15, 0.2) is 11.9 Å². The summed E-state index contributed by atoms with van der Waals surface area (Å²) >= 11 is 0. The third kappa shape index (κ3) is 1.50. The average Bonchev–Trinajstić information content (AvgIpc) is 2.36.